The predicted molar refractivity (Wildman–Crippen MR) is 111 cm³/mol. The van der Waals surface area contributed by atoms with E-state index in [0.717, 1.165) is 17.8 Å². The van der Waals surface area contributed by atoms with Gasteiger partial charge < -0.3 is 14.2 Å². The average Bonchev–Trinajstić information content (AvgIpc) is 3.22. The largest absolute Gasteiger partial charge is 0.450 e. The number of rotatable bonds is 4. The van der Waals surface area contributed by atoms with Crippen molar-refractivity contribution in [1.82, 2.24) is 9.47 Å². The fraction of sp³-hybridized carbons (Fsp3) is 0.217. The minimum absolute atomic E-state index is 0.0705. The molecule has 0 spiro atoms. The number of nitrogens with one attached hydrogen (secondary N) is 1. The Morgan fingerprint density at radius 3 is 2.66 bits per heavy atom. The molecule has 0 aliphatic carbocycles. The summed E-state index contributed by atoms with van der Waals surface area (Å²) < 4.78 is 7.11. The minimum Gasteiger partial charge on any atom is -0.450 e. The highest BCUT2D eigenvalue weighted by molar-refractivity contribution is 5.96. The number of hydrogen-bond acceptors (Lipinski definition) is 3. The third-order valence-electron chi connectivity index (χ3n) is 5.05. The molecule has 1 aliphatic heterocycles. The van der Waals surface area contributed by atoms with Crippen LogP contribution in [0.25, 0.3) is 0 Å². The number of benzene rings is 2. The molecule has 6 heteroatoms. The lowest BCUT2D eigenvalue weighted by Crippen LogP contribution is -2.42. The van der Waals surface area contributed by atoms with Crippen molar-refractivity contribution < 1.29 is 14.3 Å². The lowest BCUT2D eigenvalue weighted by molar-refractivity contribution is 0.0664. The van der Waals surface area contributed by atoms with E-state index in [1.54, 1.807) is 31.2 Å². The molecule has 4 rings (SSSR count). The Hall–Kier alpha value is -3.54. The van der Waals surface area contributed by atoms with Gasteiger partial charge in [0.1, 0.15) is 0 Å². The maximum atomic E-state index is 13.5. The highest BCUT2D eigenvalue weighted by Crippen LogP contribution is 2.33. The molecule has 2 heterocycles. The van der Waals surface area contributed by atoms with Gasteiger partial charge in [-0.25, -0.2) is 4.79 Å². The van der Waals surface area contributed by atoms with E-state index in [9.17, 15) is 9.59 Å². The SMILES string of the molecule is CCOC(=O)Nc1cccc(C(=O)N2CCn3cccc3C2c2ccccc2)c1. The van der Waals surface area contributed by atoms with Crippen LogP contribution in [0.4, 0.5) is 10.5 Å². The van der Waals surface area contributed by atoms with Crippen molar-refractivity contribution in [2.75, 3.05) is 18.5 Å². The monoisotopic (exact) mass is 389 g/mol. The summed E-state index contributed by atoms with van der Waals surface area (Å²) >= 11 is 0. The summed E-state index contributed by atoms with van der Waals surface area (Å²) in [5.74, 6) is -0.0705. The predicted octanol–water partition coefficient (Wildman–Crippen LogP) is 4.30. The van der Waals surface area contributed by atoms with Crippen LogP contribution in [0.2, 0.25) is 0 Å². The number of carbonyl (C=O) groups is 2. The van der Waals surface area contributed by atoms with E-state index in [1.807, 2.05) is 41.3 Å². The Morgan fingerprint density at radius 2 is 1.86 bits per heavy atom. The van der Waals surface area contributed by atoms with E-state index in [-0.39, 0.29) is 18.6 Å². The van der Waals surface area contributed by atoms with Crippen LogP contribution in [0.15, 0.2) is 72.9 Å². The molecule has 0 fully saturated rings. The summed E-state index contributed by atoms with van der Waals surface area (Å²) in [4.78, 5) is 27.1. The highest BCUT2D eigenvalue weighted by atomic mass is 16.5. The zero-order chi connectivity index (χ0) is 20.2. The van der Waals surface area contributed by atoms with Gasteiger partial charge in [-0.15, -0.1) is 0 Å². The summed E-state index contributed by atoms with van der Waals surface area (Å²) in [5, 5.41) is 2.66. The van der Waals surface area contributed by atoms with Crippen LogP contribution in [0, 0.1) is 0 Å². The Kier molecular flexibility index (Phi) is 5.33. The van der Waals surface area contributed by atoms with Crippen LogP contribution in [-0.2, 0) is 11.3 Å². The molecule has 1 aliphatic rings. The number of hydrogen-bond donors (Lipinski definition) is 1. The van der Waals surface area contributed by atoms with Crippen molar-refractivity contribution in [2.24, 2.45) is 0 Å². The van der Waals surface area contributed by atoms with Gasteiger partial charge in [-0.2, -0.15) is 0 Å². The van der Waals surface area contributed by atoms with Gasteiger partial charge in [-0.05, 0) is 42.8 Å². The van der Waals surface area contributed by atoms with Crippen molar-refractivity contribution in [3.8, 4) is 0 Å². The van der Waals surface area contributed by atoms with Gasteiger partial charge in [0.2, 0.25) is 0 Å². The van der Waals surface area contributed by atoms with Gasteiger partial charge in [0.05, 0.1) is 12.6 Å². The summed E-state index contributed by atoms with van der Waals surface area (Å²) in [5.41, 5.74) is 3.23. The quantitative estimate of drug-likeness (QED) is 0.724. The standard InChI is InChI=1S/C23H23N3O3/c1-2-29-23(28)24-19-11-6-10-18(16-19)22(27)26-15-14-25-13-7-12-20(25)21(26)17-8-4-3-5-9-17/h3-13,16,21H,2,14-15H2,1H3,(H,24,28). The number of amides is 2. The number of anilines is 1. The molecule has 148 valence electrons. The first-order chi connectivity index (χ1) is 14.2. The first kappa shape index (κ1) is 18.8. The van der Waals surface area contributed by atoms with Crippen molar-refractivity contribution in [1.29, 1.82) is 0 Å². The molecule has 1 unspecified atom stereocenters. The third kappa shape index (κ3) is 3.87. The molecule has 0 saturated carbocycles. The molecule has 0 bridgehead atoms. The van der Waals surface area contributed by atoms with Crippen LogP contribution in [0.5, 0.6) is 0 Å². The van der Waals surface area contributed by atoms with E-state index >= 15 is 0 Å². The lowest BCUT2D eigenvalue weighted by Gasteiger charge is -2.37. The van der Waals surface area contributed by atoms with Crippen LogP contribution in [0.1, 0.15) is 34.6 Å². The minimum atomic E-state index is -0.532. The third-order valence-corrected chi connectivity index (χ3v) is 5.05. The maximum absolute atomic E-state index is 13.5. The first-order valence-electron chi connectivity index (χ1n) is 9.72. The second kappa shape index (κ2) is 8.22. The normalized spacial score (nSPS) is 15.5. The van der Waals surface area contributed by atoms with Crippen LogP contribution in [0.3, 0.4) is 0 Å². The van der Waals surface area contributed by atoms with E-state index in [4.69, 9.17) is 4.74 Å². The Morgan fingerprint density at radius 1 is 1.03 bits per heavy atom. The molecule has 1 N–H and O–H groups in total. The maximum Gasteiger partial charge on any atom is 0.411 e. The molecule has 29 heavy (non-hydrogen) atoms. The molecule has 0 saturated heterocycles. The fourth-order valence-electron chi connectivity index (χ4n) is 3.77. The molecule has 1 aromatic heterocycles. The van der Waals surface area contributed by atoms with E-state index in [1.165, 1.54) is 0 Å². The van der Waals surface area contributed by atoms with E-state index in [2.05, 4.69) is 22.1 Å². The number of nitrogens with zero attached hydrogens (tertiary/aromatic N) is 2. The molecule has 3 aromatic rings. The molecule has 0 radical (unpaired) electrons. The van der Waals surface area contributed by atoms with Gasteiger partial charge in [0, 0.05) is 36.2 Å². The fourth-order valence-corrected chi connectivity index (χ4v) is 3.77. The number of aromatic nitrogens is 1. The smallest absolute Gasteiger partial charge is 0.411 e. The average molecular weight is 389 g/mol. The second-order valence-corrected chi connectivity index (χ2v) is 6.86. The topological polar surface area (TPSA) is 63.6 Å². The Labute approximate surface area is 169 Å². The van der Waals surface area contributed by atoms with E-state index < -0.39 is 6.09 Å². The van der Waals surface area contributed by atoms with Crippen molar-refractivity contribution >= 4 is 17.7 Å². The number of carbonyl (C=O) groups excluding carboxylic acids is 2. The van der Waals surface area contributed by atoms with Gasteiger partial charge in [-0.1, -0.05) is 36.4 Å². The second-order valence-electron chi connectivity index (χ2n) is 6.86. The zero-order valence-electron chi connectivity index (χ0n) is 16.2. The number of ether oxygens (including phenoxy) is 1. The summed E-state index contributed by atoms with van der Waals surface area (Å²) in [6, 6.07) is 20.9. The van der Waals surface area contributed by atoms with E-state index in [0.29, 0.717) is 17.8 Å². The Bertz CT molecular complexity index is 1010. The highest BCUT2D eigenvalue weighted by Gasteiger charge is 2.32. The van der Waals surface area contributed by atoms with Gasteiger partial charge >= 0.3 is 6.09 Å². The van der Waals surface area contributed by atoms with Crippen LogP contribution in [-0.4, -0.2) is 34.6 Å². The van der Waals surface area contributed by atoms with Crippen molar-refractivity contribution in [3.05, 3.63) is 89.7 Å². The molecular weight excluding hydrogens is 366 g/mol. The Balaban J connectivity index is 1.65. The van der Waals surface area contributed by atoms with Gasteiger partial charge in [0.25, 0.3) is 5.91 Å². The lowest BCUT2D eigenvalue weighted by atomic mass is 9.99. The summed E-state index contributed by atoms with van der Waals surface area (Å²) in [6.45, 7) is 3.39. The van der Waals surface area contributed by atoms with Gasteiger partial charge in [0.15, 0.2) is 0 Å². The van der Waals surface area contributed by atoms with Crippen LogP contribution < -0.4 is 5.32 Å². The van der Waals surface area contributed by atoms with Crippen molar-refractivity contribution in [3.63, 3.8) is 0 Å². The number of fused-ring (bicyclic) bond motifs is 1. The van der Waals surface area contributed by atoms with Crippen molar-refractivity contribution in [2.45, 2.75) is 19.5 Å². The molecule has 1 atom stereocenters. The first-order valence-corrected chi connectivity index (χ1v) is 9.72. The molecule has 6 nitrogen and oxygen atoms in total. The molecule has 2 amide bonds. The summed E-state index contributed by atoms with van der Waals surface area (Å²) in [7, 11) is 0. The molecular formula is C23H23N3O3. The summed E-state index contributed by atoms with van der Waals surface area (Å²) in [6.07, 6.45) is 1.52. The van der Waals surface area contributed by atoms with Gasteiger partial charge in [-0.3, -0.25) is 10.1 Å². The van der Waals surface area contributed by atoms with Crippen LogP contribution >= 0.6 is 0 Å². The molecule has 2 aromatic carbocycles. The zero-order valence-corrected chi connectivity index (χ0v) is 16.2.